The molecule has 1 aromatic carbocycles. The van der Waals surface area contributed by atoms with E-state index in [-0.39, 0.29) is 27.3 Å². The maximum atomic E-state index is 4.01. The molecule has 0 heterocycles. The van der Waals surface area contributed by atoms with E-state index in [0.29, 0.717) is 0 Å². The molecule has 0 spiro atoms. The number of hydrogen-bond donors (Lipinski definition) is 1. The molecular weight excluding hydrogens is 318 g/mol. The van der Waals surface area contributed by atoms with Crippen LogP contribution in [0.1, 0.15) is 51.2 Å². The molecule has 1 aromatic rings. The van der Waals surface area contributed by atoms with Crippen molar-refractivity contribution < 1.29 is 21.7 Å². The SMILES string of the molecule is CC(C)(C)N[Si](C)(C)C1CCCC2=C1Cc1ccccc12.[Ti]. The molecule has 0 amide bonds. The van der Waals surface area contributed by atoms with E-state index < -0.39 is 8.24 Å². The van der Waals surface area contributed by atoms with Crippen LogP contribution in [0.2, 0.25) is 18.6 Å². The van der Waals surface area contributed by atoms with Crippen LogP contribution in [0, 0.1) is 0 Å². The zero-order valence-electron chi connectivity index (χ0n) is 14.7. The third-order valence-corrected chi connectivity index (χ3v) is 8.79. The molecule has 1 nitrogen and oxygen atoms in total. The molecule has 1 N–H and O–H groups in total. The van der Waals surface area contributed by atoms with Gasteiger partial charge < -0.3 is 4.98 Å². The summed E-state index contributed by atoms with van der Waals surface area (Å²) in [5.41, 5.74) is 7.61. The fraction of sp³-hybridized carbons (Fsp3) is 0.579. The van der Waals surface area contributed by atoms with Crippen LogP contribution in [0.3, 0.4) is 0 Å². The van der Waals surface area contributed by atoms with Gasteiger partial charge in [-0.2, -0.15) is 0 Å². The van der Waals surface area contributed by atoms with Crippen LogP contribution < -0.4 is 4.98 Å². The van der Waals surface area contributed by atoms with Gasteiger partial charge in [0.15, 0.2) is 0 Å². The number of allylic oxidation sites excluding steroid dienone is 2. The van der Waals surface area contributed by atoms with Gasteiger partial charge in [0, 0.05) is 27.3 Å². The first-order valence-corrected chi connectivity index (χ1v) is 11.5. The molecule has 0 bridgehead atoms. The first-order chi connectivity index (χ1) is 9.78. The third-order valence-electron chi connectivity index (χ3n) is 5.02. The number of nitrogens with one attached hydrogen (secondary N) is 1. The molecule has 0 aliphatic heterocycles. The van der Waals surface area contributed by atoms with E-state index in [0.717, 1.165) is 5.54 Å². The predicted octanol–water partition coefficient (Wildman–Crippen LogP) is 5.14. The van der Waals surface area contributed by atoms with Gasteiger partial charge in [0.1, 0.15) is 8.24 Å². The van der Waals surface area contributed by atoms with Gasteiger partial charge >= 0.3 is 0 Å². The molecule has 3 heteroatoms. The Kier molecular flexibility index (Phi) is 5.29. The number of fused-ring (bicyclic) bond motifs is 2. The molecule has 2 aliphatic rings. The van der Waals surface area contributed by atoms with E-state index in [2.05, 4.69) is 63.1 Å². The fourth-order valence-electron chi connectivity index (χ4n) is 4.59. The van der Waals surface area contributed by atoms with Gasteiger partial charge in [-0.1, -0.05) is 42.9 Å². The fourth-order valence-corrected chi connectivity index (χ4v) is 8.77. The van der Waals surface area contributed by atoms with E-state index >= 15 is 0 Å². The van der Waals surface area contributed by atoms with Crippen molar-refractivity contribution in [1.29, 1.82) is 0 Å². The van der Waals surface area contributed by atoms with Gasteiger partial charge in [-0.05, 0) is 68.7 Å². The van der Waals surface area contributed by atoms with Crippen molar-refractivity contribution in [3.63, 3.8) is 0 Å². The van der Waals surface area contributed by atoms with Gasteiger partial charge in [-0.3, -0.25) is 0 Å². The summed E-state index contributed by atoms with van der Waals surface area (Å²) in [5.74, 6) is 0. The molecule has 118 valence electrons. The summed E-state index contributed by atoms with van der Waals surface area (Å²) in [4.78, 5) is 4.01. The van der Waals surface area contributed by atoms with E-state index in [9.17, 15) is 0 Å². The van der Waals surface area contributed by atoms with E-state index in [1.54, 1.807) is 22.3 Å². The normalized spacial score (nSPS) is 21.2. The average Bonchev–Trinajstić information content (AvgIpc) is 2.74. The standard InChI is InChI=1S/C19H29NSi.Ti/c1-19(2,3)20-21(4,5)18-12-8-11-16-15-10-7-6-9-14(15)13-17(16)18;/h6-7,9-10,18,20H,8,11-13H2,1-5H3;. The Morgan fingerprint density at radius 3 is 2.50 bits per heavy atom. The van der Waals surface area contributed by atoms with Crippen molar-refractivity contribution in [2.45, 2.75) is 70.6 Å². The molecule has 0 aromatic heterocycles. The summed E-state index contributed by atoms with van der Waals surface area (Å²) >= 11 is 0. The Labute approximate surface area is 151 Å². The quantitative estimate of drug-likeness (QED) is 0.731. The van der Waals surface area contributed by atoms with Crippen molar-refractivity contribution >= 4 is 13.8 Å². The monoisotopic (exact) mass is 347 g/mol. The molecule has 0 fully saturated rings. The van der Waals surface area contributed by atoms with Gasteiger partial charge in [-0.25, -0.2) is 0 Å². The minimum Gasteiger partial charge on any atom is -0.332 e. The second-order valence-corrected chi connectivity index (χ2v) is 12.8. The molecule has 0 saturated heterocycles. The van der Waals surface area contributed by atoms with Crippen molar-refractivity contribution in [2.75, 3.05) is 0 Å². The second-order valence-electron chi connectivity index (χ2n) is 8.38. The van der Waals surface area contributed by atoms with Gasteiger partial charge in [0.2, 0.25) is 0 Å². The van der Waals surface area contributed by atoms with E-state index in [1.165, 1.54) is 25.7 Å². The maximum Gasteiger partial charge on any atom is 0.127 e. The van der Waals surface area contributed by atoms with Gasteiger partial charge in [-0.15, -0.1) is 0 Å². The Morgan fingerprint density at radius 2 is 1.82 bits per heavy atom. The Morgan fingerprint density at radius 1 is 1.14 bits per heavy atom. The molecular formula is C19H29NSiTi. The third kappa shape index (κ3) is 3.51. The molecule has 3 rings (SSSR count). The van der Waals surface area contributed by atoms with Crippen LogP contribution in [0.15, 0.2) is 29.8 Å². The number of rotatable bonds is 2. The molecule has 2 aliphatic carbocycles. The summed E-state index contributed by atoms with van der Waals surface area (Å²) in [6, 6.07) is 9.07. The number of benzene rings is 1. The minimum atomic E-state index is -1.47. The molecule has 22 heavy (non-hydrogen) atoms. The van der Waals surface area contributed by atoms with Crippen LogP contribution in [0.5, 0.6) is 0 Å². The smallest absolute Gasteiger partial charge is 0.127 e. The minimum absolute atomic E-state index is 0. The summed E-state index contributed by atoms with van der Waals surface area (Å²) in [5, 5.41) is 0. The molecule has 1 atom stereocenters. The second kappa shape index (κ2) is 6.39. The summed E-state index contributed by atoms with van der Waals surface area (Å²) in [7, 11) is -1.47. The molecule has 0 radical (unpaired) electrons. The van der Waals surface area contributed by atoms with Crippen LogP contribution in [0.25, 0.3) is 5.57 Å². The largest absolute Gasteiger partial charge is 0.332 e. The summed E-state index contributed by atoms with van der Waals surface area (Å²) in [6.45, 7) is 12.0. The topological polar surface area (TPSA) is 12.0 Å². The first-order valence-electron chi connectivity index (χ1n) is 8.37. The predicted molar refractivity (Wildman–Crippen MR) is 95.0 cm³/mol. The van der Waals surface area contributed by atoms with Crippen molar-refractivity contribution in [1.82, 2.24) is 4.98 Å². The Bertz CT molecular complexity index is 583. The van der Waals surface area contributed by atoms with Crippen LogP contribution in [-0.2, 0) is 28.1 Å². The summed E-state index contributed by atoms with van der Waals surface area (Å²) in [6.07, 6.45) is 5.25. The Balaban J connectivity index is 0.00000176. The van der Waals surface area contributed by atoms with Gasteiger partial charge in [0.25, 0.3) is 0 Å². The average molecular weight is 347 g/mol. The molecule has 1 unspecified atom stereocenters. The zero-order valence-corrected chi connectivity index (χ0v) is 17.3. The van der Waals surface area contributed by atoms with Crippen LogP contribution >= 0.6 is 0 Å². The molecule has 0 saturated carbocycles. The van der Waals surface area contributed by atoms with Crippen molar-refractivity contribution in [3.8, 4) is 0 Å². The first kappa shape index (κ1) is 18.2. The van der Waals surface area contributed by atoms with Gasteiger partial charge in [0.05, 0.1) is 0 Å². The van der Waals surface area contributed by atoms with Crippen molar-refractivity contribution in [3.05, 3.63) is 41.0 Å². The maximum absolute atomic E-state index is 4.01. The number of hydrogen-bond acceptors (Lipinski definition) is 1. The van der Waals surface area contributed by atoms with Crippen LogP contribution in [-0.4, -0.2) is 13.8 Å². The van der Waals surface area contributed by atoms with Crippen molar-refractivity contribution in [2.24, 2.45) is 0 Å². The Hall–Kier alpha value is -0.149. The van der Waals surface area contributed by atoms with E-state index in [4.69, 9.17) is 0 Å². The summed E-state index contributed by atoms with van der Waals surface area (Å²) < 4.78 is 0. The zero-order chi connectivity index (χ0) is 15.3. The van der Waals surface area contributed by atoms with Crippen LogP contribution in [0.4, 0.5) is 0 Å². The van der Waals surface area contributed by atoms with E-state index in [1.807, 2.05) is 0 Å².